The molecule has 2 saturated heterocycles. The maximum absolute atomic E-state index is 11.9. The number of imide groups is 1. The molecule has 4 amide bonds. The molecule has 124 valence electrons. The lowest BCUT2D eigenvalue weighted by atomic mass is 10.1. The van der Waals surface area contributed by atoms with Crippen molar-refractivity contribution in [3.8, 4) is 0 Å². The van der Waals surface area contributed by atoms with Gasteiger partial charge in [-0.1, -0.05) is 0 Å². The van der Waals surface area contributed by atoms with E-state index in [9.17, 15) is 14.4 Å². The molecule has 7 nitrogen and oxygen atoms in total. The van der Waals surface area contributed by atoms with E-state index >= 15 is 0 Å². The van der Waals surface area contributed by atoms with E-state index in [-0.39, 0.29) is 18.4 Å². The smallest absolute Gasteiger partial charge is 0.325 e. The molecule has 0 aromatic rings. The van der Waals surface area contributed by atoms with Gasteiger partial charge < -0.3 is 15.4 Å². The molecular formula is C15H25N3O4. The van der Waals surface area contributed by atoms with Gasteiger partial charge in [-0.25, -0.2) is 4.79 Å². The number of hydrogen-bond donors (Lipinski definition) is 2. The summed E-state index contributed by atoms with van der Waals surface area (Å²) in [6.07, 6.45) is 5.55. The van der Waals surface area contributed by atoms with Gasteiger partial charge in [-0.15, -0.1) is 0 Å². The van der Waals surface area contributed by atoms with Crippen molar-refractivity contribution in [1.29, 1.82) is 0 Å². The van der Waals surface area contributed by atoms with Crippen LogP contribution in [0.15, 0.2) is 0 Å². The number of hydrogen-bond acceptors (Lipinski definition) is 4. The third-order valence-electron chi connectivity index (χ3n) is 4.05. The van der Waals surface area contributed by atoms with E-state index in [1.165, 1.54) is 0 Å². The first-order chi connectivity index (χ1) is 10.4. The second-order valence-electron chi connectivity index (χ2n) is 6.43. The molecule has 2 N–H and O–H groups in total. The molecule has 0 aliphatic carbocycles. The highest BCUT2D eigenvalue weighted by Gasteiger charge is 2.44. The van der Waals surface area contributed by atoms with Crippen molar-refractivity contribution in [2.75, 3.05) is 19.7 Å². The van der Waals surface area contributed by atoms with Gasteiger partial charge in [0.15, 0.2) is 0 Å². The molecule has 0 radical (unpaired) electrons. The maximum Gasteiger partial charge on any atom is 0.325 e. The van der Waals surface area contributed by atoms with Crippen LogP contribution < -0.4 is 10.6 Å². The minimum absolute atomic E-state index is 0.222. The molecular weight excluding hydrogens is 286 g/mol. The van der Waals surface area contributed by atoms with Crippen LogP contribution in [0, 0.1) is 0 Å². The van der Waals surface area contributed by atoms with E-state index in [2.05, 4.69) is 10.6 Å². The standard InChI is InChI=1S/C15H25N3O4/c1-15(2)13(20)18(14(21)17-15)10-12(19)16-8-4-3-6-11-7-5-9-22-11/h11H,3-10H2,1-2H3,(H,16,19)(H,17,21)/t11-/m0/s1. The summed E-state index contributed by atoms with van der Waals surface area (Å²) in [6, 6.07) is -0.511. The lowest BCUT2D eigenvalue weighted by molar-refractivity contribution is -0.134. The Labute approximate surface area is 130 Å². The van der Waals surface area contributed by atoms with Crippen LogP contribution in [-0.2, 0) is 14.3 Å². The monoisotopic (exact) mass is 311 g/mol. The predicted molar refractivity (Wildman–Crippen MR) is 80.2 cm³/mol. The van der Waals surface area contributed by atoms with Crippen LogP contribution in [-0.4, -0.2) is 54.1 Å². The number of nitrogens with zero attached hydrogens (tertiary/aromatic N) is 1. The summed E-state index contributed by atoms with van der Waals surface area (Å²) in [5, 5.41) is 5.30. The van der Waals surface area contributed by atoms with Gasteiger partial charge in [0.25, 0.3) is 5.91 Å². The average Bonchev–Trinajstić information content (AvgIpc) is 3.01. The highest BCUT2D eigenvalue weighted by atomic mass is 16.5. The minimum atomic E-state index is -0.932. The van der Waals surface area contributed by atoms with Crippen molar-refractivity contribution in [1.82, 2.24) is 15.5 Å². The number of urea groups is 1. The van der Waals surface area contributed by atoms with Crippen molar-refractivity contribution in [2.45, 2.75) is 57.6 Å². The van der Waals surface area contributed by atoms with Crippen molar-refractivity contribution in [3.63, 3.8) is 0 Å². The summed E-state index contributed by atoms with van der Waals surface area (Å²) < 4.78 is 5.54. The fraction of sp³-hybridized carbons (Fsp3) is 0.800. The van der Waals surface area contributed by atoms with Gasteiger partial charge in [-0.2, -0.15) is 0 Å². The molecule has 0 aromatic carbocycles. The third kappa shape index (κ3) is 4.19. The Kier molecular flexibility index (Phi) is 5.39. The van der Waals surface area contributed by atoms with Crippen molar-refractivity contribution in [3.05, 3.63) is 0 Å². The van der Waals surface area contributed by atoms with Gasteiger partial charge in [0.2, 0.25) is 5.91 Å². The topological polar surface area (TPSA) is 87.7 Å². The van der Waals surface area contributed by atoms with Crippen LogP contribution in [0.25, 0.3) is 0 Å². The minimum Gasteiger partial charge on any atom is -0.378 e. The molecule has 22 heavy (non-hydrogen) atoms. The fourth-order valence-electron chi connectivity index (χ4n) is 2.76. The van der Waals surface area contributed by atoms with E-state index in [1.54, 1.807) is 13.8 Å². The van der Waals surface area contributed by atoms with E-state index in [1.807, 2.05) is 0 Å². The summed E-state index contributed by atoms with van der Waals surface area (Å²) in [4.78, 5) is 36.4. The van der Waals surface area contributed by atoms with E-state index in [0.717, 1.165) is 43.6 Å². The Hall–Kier alpha value is -1.63. The molecule has 0 spiro atoms. The van der Waals surface area contributed by atoms with Crippen molar-refractivity contribution >= 4 is 17.8 Å². The normalized spacial score (nSPS) is 23.7. The Morgan fingerprint density at radius 2 is 2.18 bits per heavy atom. The van der Waals surface area contributed by atoms with Crippen LogP contribution in [0.5, 0.6) is 0 Å². The SMILES string of the molecule is CC1(C)NC(=O)N(CC(=O)NCCCC[C@H]2CCCO2)C1=O. The van der Waals surface area contributed by atoms with Gasteiger partial charge in [0, 0.05) is 13.2 Å². The number of ether oxygens (including phenoxy) is 1. The number of amides is 4. The zero-order chi connectivity index (χ0) is 16.2. The van der Waals surface area contributed by atoms with Gasteiger partial charge in [-0.3, -0.25) is 14.5 Å². The number of carbonyl (C=O) groups is 3. The van der Waals surface area contributed by atoms with Crippen LogP contribution in [0.2, 0.25) is 0 Å². The van der Waals surface area contributed by atoms with Gasteiger partial charge in [0.1, 0.15) is 12.1 Å². The molecule has 2 fully saturated rings. The van der Waals surface area contributed by atoms with Crippen LogP contribution in [0.3, 0.4) is 0 Å². The fourth-order valence-corrected chi connectivity index (χ4v) is 2.76. The molecule has 7 heteroatoms. The molecule has 0 saturated carbocycles. The van der Waals surface area contributed by atoms with Crippen LogP contribution in [0.4, 0.5) is 4.79 Å². The van der Waals surface area contributed by atoms with Gasteiger partial charge in [-0.05, 0) is 46.0 Å². The summed E-state index contributed by atoms with van der Waals surface area (Å²) in [6.45, 7) is 4.44. The zero-order valence-electron chi connectivity index (χ0n) is 13.3. The summed E-state index contributed by atoms with van der Waals surface area (Å²) in [7, 11) is 0. The van der Waals surface area contributed by atoms with Crippen LogP contribution >= 0.6 is 0 Å². The number of carbonyl (C=O) groups excluding carboxylic acids is 3. The lowest BCUT2D eigenvalue weighted by Gasteiger charge is -2.15. The second kappa shape index (κ2) is 7.09. The van der Waals surface area contributed by atoms with Gasteiger partial charge in [0.05, 0.1) is 6.10 Å². The third-order valence-corrected chi connectivity index (χ3v) is 4.05. The summed E-state index contributed by atoms with van der Waals surface area (Å²) in [5.74, 6) is -0.677. The van der Waals surface area contributed by atoms with Gasteiger partial charge >= 0.3 is 6.03 Å². The van der Waals surface area contributed by atoms with Crippen molar-refractivity contribution in [2.24, 2.45) is 0 Å². The van der Waals surface area contributed by atoms with Crippen molar-refractivity contribution < 1.29 is 19.1 Å². The molecule has 2 aliphatic heterocycles. The Morgan fingerprint density at radius 3 is 2.77 bits per heavy atom. The number of unbranched alkanes of at least 4 members (excludes halogenated alkanes) is 1. The first-order valence-corrected chi connectivity index (χ1v) is 7.92. The highest BCUT2D eigenvalue weighted by Crippen LogP contribution is 2.17. The molecule has 0 unspecified atom stereocenters. The summed E-state index contributed by atoms with van der Waals surface area (Å²) >= 11 is 0. The molecule has 2 rings (SSSR count). The first-order valence-electron chi connectivity index (χ1n) is 7.92. The Morgan fingerprint density at radius 1 is 1.41 bits per heavy atom. The zero-order valence-corrected chi connectivity index (χ0v) is 13.3. The Bertz CT molecular complexity index is 444. The molecule has 0 bridgehead atoms. The lowest BCUT2D eigenvalue weighted by Crippen LogP contribution is -2.43. The molecule has 2 heterocycles. The Balaban J connectivity index is 1.61. The maximum atomic E-state index is 11.9. The number of nitrogens with one attached hydrogen (secondary N) is 2. The first kappa shape index (κ1) is 16.7. The van der Waals surface area contributed by atoms with E-state index in [4.69, 9.17) is 4.74 Å². The van der Waals surface area contributed by atoms with Crippen LogP contribution in [0.1, 0.15) is 46.0 Å². The van der Waals surface area contributed by atoms with E-state index in [0.29, 0.717) is 12.6 Å². The highest BCUT2D eigenvalue weighted by molar-refractivity contribution is 6.08. The molecule has 2 aliphatic rings. The quantitative estimate of drug-likeness (QED) is 0.537. The number of rotatable bonds is 7. The molecule has 1 atom stereocenters. The largest absolute Gasteiger partial charge is 0.378 e. The average molecular weight is 311 g/mol. The molecule has 0 aromatic heterocycles. The van der Waals surface area contributed by atoms with E-state index < -0.39 is 11.6 Å². The second-order valence-corrected chi connectivity index (χ2v) is 6.43. The predicted octanol–water partition coefficient (Wildman–Crippen LogP) is 0.782. The summed E-state index contributed by atoms with van der Waals surface area (Å²) in [5.41, 5.74) is -0.932.